The number of rotatable bonds is 4. The van der Waals surface area contributed by atoms with E-state index in [1.807, 2.05) is 13.8 Å². The van der Waals surface area contributed by atoms with Crippen molar-refractivity contribution in [2.75, 3.05) is 6.61 Å². The molecule has 0 radical (unpaired) electrons. The molecule has 2 N–H and O–H groups in total. The maximum Gasteiger partial charge on any atom is 0.333 e. The van der Waals surface area contributed by atoms with Gasteiger partial charge in [-0.25, -0.2) is 4.79 Å². The summed E-state index contributed by atoms with van der Waals surface area (Å²) in [4.78, 5) is 10.3. The SMILES string of the molecule is CC(C)CC=C(CO)C(=O)O. The lowest BCUT2D eigenvalue weighted by Crippen LogP contribution is -2.05. The maximum atomic E-state index is 10.3. The molecule has 0 aliphatic rings. The lowest BCUT2D eigenvalue weighted by atomic mass is 10.1. The number of hydrogen-bond acceptors (Lipinski definition) is 2. The van der Waals surface area contributed by atoms with Gasteiger partial charge in [-0.1, -0.05) is 19.9 Å². The van der Waals surface area contributed by atoms with Crippen LogP contribution in [0.5, 0.6) is 0 Å². The highest BCUT2D eigenvalue weighted by Gasteiger charge is 2.04. The maximum absolute atomic E-state index is 10.3. The van der Waals surface area contributed by atoms with Crippen LogP contribution in [0.4, 0.5) is 0 Å². The predicted molar refractivity (Wildman–Crippen MR) is 42.3 cm³/mol. The molecule has 0 unspecified atom stereocenters. The first kappa shape index (κ1) is 10.2. The molecule has 0 aromatic carbocycles. The van der Waals surface area contributed by atoms with Crippen LogP contribution in [0.3, 0.4) is 0 Å². The minimum Gasteiger partial charge on any atom is -0.478 e. The Morgan fingerprint density at radius 1 is 1.55 bits per heavy atom. The van der Waals surface area contributed by atoms with Crippen molar-refractivity contribution >= 4 is 5.97 Å². The van der Waals surface area contributed by atoms with Gasteiger partial charge < -0.3 is 10.2 Å². The van der Waals surface area contributed by atoms with Gasteiger partial charge in [-0.15, -0.1) is 0 Å². The molecule has 11 heavy (non-hydrogen) atoms. The van der Waals surface area contributed by atoms with Crippen molar-refractivity contribution in [1.82, 2.24) is 0 Å². The molecule has 64 valence electrons. The van der Waals surface area contributed by atoms with Gasteiger partial charge in [0.05, 0.1) is 12.2 Å². The van der Waals surface area contributed by atoms with E-state index in [9.17, 15) is 4.79 Å². The van der Waals surface area contributed by atoms with Crippen LogP contribution in [0.1, 0.15) is 20.3 Å². The van der Waals surface area contributed by atoms with Crippen LogP contribution in [0, 0.1) is 5.92 Å². The van der Waals surface area contributed by atoms with Gasteiger partial charge in [-0.05, 0) is 12.3 Å². The molecule has 0 heterocycles. The lowest BCUT2D eigenvalue weighted by Gasteiger charge is -1.99. The molecular formula is C8H14O3. The second-order valence-electron chi connectivity index (χ2n) is 2.82. The fraction of sp³-hybridized carbons (Fsp3) is 0.625. The third-order valence-corrected chi connectivity index (χ3v) is 1.28. The molecule has 0 aromatic heterocycles. The normalized spacial score (nSPS) is 12.2. The molecule has 0 aliphatic heterocycles. The molecule has 3 heteroatoms. The largest absolute Gasteiger partial charge is 0.478 e. The fourth-order valence-electron chi connectivity index (χ4n) is 0.597. The van der Waals surface area contributed by atoms with Crippen LogP contribution in [0.2, 0.25) is 0 Å². The van der Waals surface area contributed by atoms with E-state index in [4.69, 9.17) is 10.2 Å². The van der Waals surface area contributed by atoms with Gasteiger partial charge in [-0.2, -0.15) is 0 Å². The standard InChI is InChI=1S/C8H14O3/c1-6(2)3-4-7(5-9)8(10)11/h4,6,9H,3,5H2,1-2H3,(H,10,11). The number of hydrogen-bond donors (Lipinski definition) is 2. The van der Waals surface area contributed by atoms with Gasteiger partial charge in [0.2, 0.25) is 0 Å². The van der Waals surface area contributed by atoms with Gasteiger partial charge in [0.15, 0.2) is 0 Å². The Morgan fingerprint density at radius 3 is 2.36 bits per heavy atom. The number of aliphatic hydroxyl groups is 1. The van der Waals surface area contributed by atoms with Crippen LogP contribution in [0.25, 0.3) is 0 Å². The van der Waals surface area contributed by atoms with Crippen molar-refractivity contribution in [3.63, 3.8) is 0 Å². The van der Waals surface area contributed by atoms with Gasteiger partial charge in [-0.3, -0.25) is 0 Å². The molecule has 0 fully saturated rings. The summed E-state index contributed by atoms with van der Waals surface area (Å²) in [6, 6.07) is 0. The predicted octanol–water partition coefficient (Wildman–Crippen LogP) is 1.04. The van der Waals surface area contributed by atoms with Gasteiger partial charge >= 0.3 is 5.97 Å². The highest BCUT2D eigenvalue weighted by atomic mass is 16.4. The summed E-state index contributed by atoms with van der Waals surface area (Å²) in [5.74, 6) is -0.607. The quantitative estimate of drug-likeness (QED) is 0.601. The monoisotopic (exact) mass is 158 g/mol. The highest BCUT2D eigenvalue weighted by molar-refractivity contribution is 5.86. The van der Waals surface area contributed by atoms with E-state index < -0.39 is 5.97 Å². The molecule has 0 saturated carbocycles. The van der Waals surface area contributed by atoms with Crippen molar-refractivity contribution in [3.8, 4) is 0 Å². The molecule has 0 atom stereocenters. The molecule has 0 spiro atoms. The molecule has 0 rings (SSSR count). The van der Waals surface area contributed by atoms with E-state index in [-0.39, 0.29) is 12.2 Å². The van der Waals surface area contributed by atoms with E-state index in [1.54, 1.807) is 6.08 Å². The molecule has 0 aliphatic carbocycles. The molecule has 3 nitrogen and oxygen atoms in total. The zero-order chi connectivity index (χ0) is 8.85. The highest BCUT2D eigenvalue weighted by Crippen LogP contribution is 2.04. The van der Waals surface area contributed by atoms with Crippen molar-refractivity contribution < 1.29 is 15.0 Å². The Bertz CT molecular complexity index is 159. The number of carboxylic acids is 1. The molecule has 0 bridgehead atoms. The van der Waals surface area contributed by atoms with Crippen LogP contribution in [0.15, 0.2) is 11.6 Å². The van der Waals surface area contributed by atoms with Gasteiger partial charge in [0, 0.05) is 0 Å². The van der Waals surface area contributed by atoms with Crippen molar-refractivity contribution in [2.45, 2.75) is 20.3 Å². The first-order valence-electron chi connectivity index (χ1n) is 3.61. The summed E-state index contributed by atoms with van der Waals surface area (Å²) in [5.41, 5.74) is 0.0821. The van der Waals surface area contributed by atoms with Crippen molar-refractivity contribution in [2.24, 2.45) is 5.92 Å². The van der Waals surface area contributed by atoms with Crippen LogP contribution >= 0.6 is 0 Å². The molecule has 0 saturated heterocycles. The number of aliphatic hydroxyl groups excluding tert-OH is 1. The lowest BCUT2D eigenvalue weighted by molar-refractivity contribution is -0.133. The van der Waals surface area contributed by atoms with Crippen LogP contribution in [-0.4, -0.2) is 22.8 Å². The Morgan fingerprint density at radius 2 is 2.09 bits per heavy atom. The zero-order valence-corrected chi connectivity index (χ0v) is 6.87. The van der Waals surface area contributed by atoms with Crippen molar-refractivity contribution in [3.05, 3.63) is 11.6 Å². The first-order valence-corrected chi connectivity index (χ1v) is 3.61. The van der Waals surface area contributed by atoms with E-state index in [0.29, 0.717) is 12.3 Å². The third kappa shape index (κ3) is 4.56. The second-order valence-corrected chi connectivity index (χ2v) is 2.82. The van der Waals surface area contributed by atoms with Gasteiger partial charge in [0.25, 0.3) is 0 Å². The third-order valence-electron chi connectivity index (χ3n) is 1.28. The van der Waals surface area contributed by atoms with Gasteiger partial charge in [0.1, 0.15) is 0 Å². The van der Waals surface area contributed by atoms with Crippen molar-refractivity contribution in [1.29, 1.82) is 0 Å². The first-order chi connectivity index (χ1) is 5.07. The topological polar surface area (TPSA) is 57.5 Å². The minimum atomic E-state index is -1.03. The van der Waals surface area contributed by atoms with Crippen LogP contribution < -0.4 is 0 Å². The Balaban J connectivity index is 4.02. The Hall–Kier alpha value is -0.830. The van der Waals surface area contributed by atoms with E-state index in [2.05, 4.69) is 0 Å². The number of aliphatic carboxylic acids is 1. The summed E-state index contributed by atoms with van der Waals surface area (Å²) < 4.78 is 0. The minimum absolute atomic E-state index is 0.0821. The summed E-state index contributed by atoms with van der Waals surface area (Å²) in [6.45, 7) is 3.60. The van der Waals surface area contributed by atoms with Crippen LogP contribution in [-0.2, 0) is 4.79 Å². The Kier molecular flexibility index (Phi) is 4.54. The second kappa shape index (κ2) is 4.91. The number of allylic oxidation sites excluding steroid dienone is 1. The fourth-order valence-corrected chi connectivity index (χ4v) is 0.597. The summed E-state index contributed by atoms with van der Waals surface area (Å²) in [6.07, 6.45) is 2.26. The summed E-state index contributed by atoms with van der Waals surface area (Å²) in [7, 11) is 0. The smallest absolute Gasteiger partial charge is 0.333 e. The molecular weight excluding hydrogens is 144 g/mol. The average molecular weight is 158 g/mol. The summed E-state index contributed by atoms with van der Waals surface area (Å²) in [5, 5.41) is 17.0. The average Bonchev–Trinajstić information content (AvgIpc) is 1.87. The number of carbonyl (C=O) groups is 1. The zero-order valence-electron chi connectivity index (χ0n) is 6.87. The molecule has 0 aromatic rings. The summed E-state index contributed by atoms with van der Waals surface area (Å²) >= 11 is 0. The Labute approximate surface area is 66.4 Å². The molecule has 0 amide bonds. The van der Waals surface area contributed by atoms with E-state index >= 15 is 0 Å². The van der Waals surface area contributed by atoms with E-state index in [1.165, 1.54) is 0 Å². The van der Waals surface area contributed by atoms with E-state index in [0.717, 1.165) is 0 Å². The number of carboxylic acid groups (broad SMARTS) is 1.